The summed E-state index contributed by atoms with van der Waals surface area (Å²) in [4.78, 5) is 22.6. The van der Waals surface area contributed by atoms with Gasteiger partial charge in [-0.25, -0.2) is 4.98 Å². The molecule has 3 aromatic rings. The number of thioether (sulfide) groups is 1. The molecule has 3 heterocycles. The van der Waals surface area contributed by atoms with Gasteiger partial charge in [0.05, 0.1) is 11.1 Å². The Morgan fingerprint density at radius 3 is 3.10 bits per heavy atom. The zero-order chi connectivity index (χ0) is 14.1. The number of aromatic nitrogens is 2. The third-order valence-electron chi connectivity index (χ3n) is 2.78. The zero-order valence-electron chi connectivity index (χ0n) is 10.6. The van der Waals surface area contributed by atoms with Gasteiger partial charge in [0.1, 0.15) is 4.83 Å². The second-order valence-corrected chi connectivity index (χ2v) is 7.17. The first-order valence-electron chi connectivity index (χ1n) is 5.84. The van der Waals surface area contributed by atoms with Crippen LogP contribution in [-0.4, -0.2) is 15.7 Å². The Morgan fingerprint density at radius 2 is 2.40 bits per heavy atom. The number of hydrogen-bond acceptors (Lipinski definition) is 5. The maximum absolute atomic E-state index is 12.3. The molecule has 0 aliphatic rings. The van der Waals surface area contributed by atoms with Crippen LogP contribution in [0.5, 0.6) is 0 Å². The van der Waals surface area contributed by atoms with E-state index in [0.717, 1.165) is 20.1 Å². The molecule has 0 fully saturated rings. The molecule has 0 atom stereocenters. The maximum atomic E-state index is 12.3. The average Bonchev–Trinajstić information content (AvgIpc) is 3.02. The average molecular weight is 318 g/mol. The van der Waals surface area contributed by atoms with Gasteiger partial charge in [0.2, 0.25) is 0 Å². The van der Waals surface area contributed by atoms with E-state index >= 15 is 0 Å². The fraction of sp³-hybridized carbons (Fsp3) is 0.143. The largest absolute Gasteiger partial charge is 0.301 e. The molecule has 0 saturated carbocycles. The van der Waals surface area contributed by atoms with Crippen LogP contribution in [0.3, 0.4) is 0 Å². The molecule has 20 heavy (non-hydrogen) atoms. The summed E-state index contributed by atoms with van der Waals surface area (Å²) in [5.74, 6) is 3.03. The van der Waals surface area contributed by atoms with E-state index in [4.69, 9.17) is 6.42 Å². The highest BCUT2D eigenvalue weighted by Crippen LogP contribution is 2.38. The van der Waals surface area contributed by atoms with E-state index in [1.165, 1.54) is 11.8 Å². The standard InChI is InChI=1S/C14H10N2OS3/c1-3-6-19-14-15-12(17)11-10(9-5-4-7-18-9)8(2)20-13(11)16-14/h1,4-5,7H,6H2,2H3,(H,15,16,17). The van der Waals surface area contributed by atoms with Crippen LogP contribution in [0, 0.1) is 19.3 Å². The highest BCUT2D eigenvalue weighted by atomic mass is 32.2. The fourth-order valence-corrected chi connectivity index (χ4v) is 4.53. The lowest BCUT2D eigenvalue weighted by molar-refractivity contribution is 0.983. The minimum Gasteiger partial charge on any atom is -0.301 e. The quantitative estimate of drug-likeness (QED) is 0.454. The number of nitrogens with one attached hydrogen (secondary N) is 1. The van der Waals surface area contributed by atoms with Gasteiger partial charge >= 0.3 is 0 Å². The Kier molecular flexibility index (Phi) is 3.66. The number of hydrogen-bond donors (Lipinski definition) is 1. The van der Waals surface area contributed by atoms with Crippen LogP contribution >= 0.6 is 34.4 Å². The number of H-pyrrole nitrogens is 1. The molecular weight excluding hydrogens is 308 g/mol. The molecule has 0 amide bonds. The molecular formula is C14H10N2OS3. The third-order valence-corrected chi connectivity index (χ3v) is 5.44. The summed E-state index contributed by atoms with van der Waals surface area (Å²) in [5, 5.41) is 3.27. The molecule has 0 saturated heterocycles. The van der Waals surface area contributed by atoms with Crippen molar-refractivity contribution < 1.29 is 0 Å². The highest BCUT2D eigenvalue weighted by molar-refractivity contribution is 7.99. The van der Waals surface area contributed by atoms with E-state index in [2.05, 4.69) is 15.9 Å². The summed E-state index contributed by atoms with van der Waals surface area (Å²) >= 11 is 4.55. The number of rotatable bonds is 3. The third kappa shape index (κ3) is 2.29. The van der Waals surface area contributed by atoms with Gasteiger partial charge in [-0.05, 0) is 18.4 Å². The smallest absolute Gasteiger partial charge is 0.260 e. The van der Waals surface area contributed by atoms with E-state index in [9.17, 15) is 4.79 Å². The molecule has 0 spiro atoms. The topological polar surface area (TPSA) is 45.8 Å². The SMILES string of the molecule is C#CCSc1nc2sc(C)c(-c3cccs3)c2c(=O)[nH]1. The van der Waals surface area contributed by atoms with E-state index in [0.29, 0.717) is 16.3 Å². The van der Waals surface area contributed by atoms with Crippen LogP contribution < -0.4 is 5.56 Å². The van der Waals surface area contributed by atoms with Gasteiger partial charge in [-0.1, -0.05) is 23.7 Å². The van der Waals surface area contributed by atoms with Crippen molar-refractivity contribution in [3.8, 4) is 22.8 Å². The Bertz CT molecular complexity index is 853. The van der Waals surface area contributed by atoms with Gasteiger partial charge in [-0.15, -0.1) is 29.1 Å². The lowest BCUT2D eigenvalue weighted by atomic mass is 10.1. The molecule has 3 rings (SSSR count). The number of aromatic amines is 1. The van der Waals surface area contributed by atoms with Gasteiger partial charge in [-0.3, -0.25) is 4.79 Å². The minimum atomic E-state index is -0.0951. The molecule has 0 radical (unpaired) electrons. The molecule has 6 heteroatoms. The van der Waals surface area contributed by atoms with Crippen molar-refractivity contribution in [2.24, 2.45) is 0 Å². The second kappa shape index (κ2) is 5.44. The Labute approximate surface area is 128 Å². The normalized spacial score (nSPS) is 10.8. The fourth-order valence-electron chi connectivity index (χ4n) is 2.00. The van der Waals surface area contributed by atoms with Crippen LogP contribution in [-0.2, 0) is 0 Å². The Balaban J connectivity index is 2.22. The number of thiophene rings is 2. The van der Waals surface area contributed by atoms with Crippen LogP contribution in [0.1, 0.15) is 4.88 Å². The van der Waals surface area contributed by atoms with Crippen LogP contribution in [0.15, 0.2) is 27.5 Å². The van der Waals surface area contributed by atoms with Crippen molar-refractivity contribution in [2.75, 3.05) is 5.75 Å². The first-order chi connectivity index (χ1) is 9.70. The number of terminal acetylenes is 1. The van der Waals surface area contributed by atoms with Gasteiger partial charge in [-0.2, -0.15) is 0 Å². The summed E-state index contributed by atoms with van der Waals surface area (Å²) in [6.45, 7) is 2.02. The van der Waals surface area contributed by atoms with Crippen molar-refractivity contribution in [2.45, 2.75) is 12.1 Å². The van der Waals surface area contributed by atoms with Crippen LogP contribution in [0.25, 0.3) is 20.7 Å². The zero-order valence-corrected chi connectivity index (χ0v) is 13.0. The molecule has 0 aromatic carbocycles. The molecule has 0 bridgehead atoms. The monoisotopic (exact) mass is 318 g/mol. The van der Waals surface area contributed by atoms with E-state index in [1.807, 2.05) is 24.4 Å². The molecule has 0 aliphatic carbocycles. The molecule has 0 aliphatic heterocycles. The molecule has 3 aromatic heterocycles. The van der Waals surface area contributed by atoms with Crippen molar-refractivity contribution in [3.63, 3.8) is 0 Å². The van der Waals surface area contributed by atoms with Crippen LogP contribution in [0.2, 0.25) is 0 Å². The van der Waals surface area contributed by atoms with Gasteiger partial charge in [0.15, 0.2) is 5.16 Å². The number of nitrogens with zero attached hydrogens (tertiary/aromatic N) is 1. The van der Waals surface area contributed by atoms with Crippen molar-refractivity contribution in [1.82, 2.24) is 9.97 Å². The van der Waals surface area contributed by atoms with Crippen LogP contribution in [0.4, 0.5) is 0 Å². The van der Waals surface area contributed by atoms with E-state index in [-0.39, 0.29) is 5.56 Å². The molecule has 3 nitrogen and oxygen atoms in total. The summed E-state index contributed by atoms with van der Waals surface area (Å²) in [6.07, 6.45) is 5.23. The van der Waals surface area contributed by atoms with Gasteiger partial charge in [0, 0.05) is 15.3 Å². The molecule has 100 valence electrons. The Hall–Kier alpha value is -1.55. The minimum absolute atomic E-state index is 0.0951. The highest BCUT2D eigenvalue weighted by Gasteiger charge is 2.17. The summed E-state index contributed by atoms with van der Waals surface area (Å²) in [5.41, 5.74) is 0.907. The lowest BCUT2D eigenvalue weighted by Crippen LogP contribution is -2.08. The number of fused-ring (bicyclic) bond motifs is 1. The first kappa shape index (κ1) is 13.4. The van der Waals surface area contributed by atoms with Gasteiger partial charge < -0.3 is 4.98 Å². The summed E-state index contributed by atoms with van der Waals surface area (Å²) in [6, 6.07) is 4.02. The number of aryl methyl sites for hydroxylation is 1. The maximum Gasteiger partial charge on any atom is 0.260 e. The van der Waals surface area contributed by atoms with E-state index in [1.54, 1.807) is 22.7 Å². The molecule has 1 N–H and O–H groups in total. The van der Waals surface area contributed by atoms with Crippen molar-refractivity contribution in [1.29, 1.82) is 0 Å². The van der Waals surface area contributed by atoms with E-state index < -0.39 is 0 Å². The van der Waals surface area contributed by atoms with Crippen molar-refractivity contribution in [3.05, 3.63) is 32.7 Å². The lowest BCUT2D eigenvalue weighted by Gasteiger charge is -1.99. The second-order valence-electron chi connectivity index (χ2n) is 4.05. The predicted molar refractivity (Wildman–Crippen MR) is 87.8 cm³/mol. The Morgan fingerprint density at radius 1 is 1.55 bits per heavy atom. The summed E-state index contributed by atoms with van der Waals surface area (Å²) < 4.78 is 0. The predicted octanol–water partition coefficient (Wildman–Crippen LogP) is 3.75. The first-order valence-corrected chi connectivity index (χ1v) is 8.52. The summed E-state index contributed by atoms with van der Waals surface area (Å²) in [7, 11) is 0. The van der Waals surface area contributed by atoms with Crippen molar-refractivity contribution >= 4 is 44.7 Å². The van der Waals surface area contributed by atoms with Gasteiger partial charge in [0.25, 0.3) is 5.56 Å². The molecule has 0 unspecified atom stereocenters.